The zero-order valence-corrected chi connectivity index (χ0v) is 14.7. The topological polar surface area (TPSA) is 12.0 Å². The maximum atomic E-state index is 14.2. The largest absolute Gasteiger partial charge is 0.305 e. The van der Waals surface area contributed by atoms with E-state index in [1.165, 1.54) is 23.5 Å². The van der Waals surface area contributed by atoms with Crippen LogP contribution in [0.15, 0.2) is 32.5 Å². The molecule has 2 aromatic rings. The van der Waals surface area contributed by atoms with Crippen molar-refractivity contribution in [2.45, 2.75) is 19.4 Å². The van der Waals surface area contributed by atoms with Crippen molar-refractivity contribution in [1.82, 2.24) is 5.32 Å². The Kier molecular flexibility index (Phi) is 5.72. The van der Waals surface area contributed by atoms with Crippen LogP contribution >= 0.6 is 43.2 Å². The summed E-state index contributed by atoms with van der Waals surface area (Å²) in [5.74, 6) is -1.10. The molecule has 0 radical (unpaired) electrons. The van der Waals surface area contributed by atoms with Gasteiger partial charge in [0.2, 0.25) is 0 Å². The first-order valence-corrected chi connectivity index (χ1v) is 8.61. The van der Waals surface area contributed by atoms with Gasteiger partial charge in [0.05, 0.1) is 6.04 Å². The Balaban J connectivity index is 2.50. The Labute approximate surface area is 137 Å². The molecule has 1 atom stereocenters. The molecule has 108 valence electrons. The van der Waals surface area contributed by atoms with Gasteiger partial charge in [0.1, 0.15) is 11.6 Å². The third kappa shape index (κ3) is 3.47. The molecule has 2 rings (SSSR count). The summed E-state index contributed by atoms with van der Waals surface area (Å²) in [6.07, 6.45) is 0.888. The minimum Gasteiger partial charge on any atom is -0.305 e. The summed E-state index contributed by atoms with van der Waals surface area (Å²) in [5.41, 5.74) is 0.0600. The average molecular weight is 425 g/mol. The molecular weight excluding hydrogens is 412 g/mol. The Bertz CT molecular complexity index is 578. The van der Waals surface area contributed by atoms with Gasteiger partial charge in [-0.1, -0.05) is 22.9 Å². The van der Waals surface area contributed by atoms with E-state index in [9.17, 15) is 8.78 Å². The molecular formula is C14H13Br2F2NS. The van der Waals surface area contributed by atoms with Crippen LogP contribution in [0.2, 0.25) is 0 Å². The molecule has 6 heteroatoms. The van der Waals surface area contributed by atoms with Gasteiger partial charge in [-0.15, -0.1) is 11.3 Å². The second-order valence-electron chi connectivity index (χ2n) is 4.30. The fourth-order valence-corrected chi connectivity index (χ4v) is 4.04. The standard InChI is InChI=1S/C14H13Br2F2NS/c1-2-4-19-13(14-9(16)3-5-20-14)12-10(17)6-8(15)7-11(12)18/h3,5-7,13,19H,2,4H2,1H3. The van der Waals surface area contributed by atoms with Gasteiger partial charge in [-0.2, -0.15) is 0 Å². The van der Waals surface area contributed by atoms with E-state index in [-0.39, 0.29) is 5.56 Å². The van der Waals surface area contributed by atoms with Crippen molar-refractivity contribution in [3.05, 3.63) is 54.6 Å². The van der Waals surface area contributed by atoms with E-state index in [0.29, 0.717) is 11.0 Å². The summed E-state index contributed by atoms with van der Waals surface area (Å²) in [4.78, 5) is 0.874. The van der Waals surface area contributed by atoms with Gasteiger partial charge in [-0.3, -0.25) is 0 Å². The van der Waals surface area contributed by atoms with Crippen LogP contribution < -0.4 is 5.32 Å². The second kappa shape index (κ2) is 7.11. The minimum absolute atomic E-state index is 0.0600. The van der Waals surface area contributed by atoms with Crippen LogP contribution in [0.25, 0.3) is 0 Å². The summed E-state index contributed by atoms with van der Waals surface area (Å²) in [5, 5.41) is 5.11. The Morgan fingerprint density at radius 1 is 1.25 bits per heavy atom. The van der Waals surface area contributed by atoms with Crippen LogP contribution in [0, 0.1) is 11.6 Å². The molecule has 0 aliphatic carbocycles. The molecule has 1 heterocycles. The molecule has 0 fully saturated rings. The van der Waals surface area contributed by atoms with Gasteiger partial charge in [0.25, 0.3) is 0 Å². The molecule has 1 nitrogen and oxygen atoms in total. The van der Waals surface area contributed by atoms with Crippen molar-refractivity contribution in [3.63, 3.8) is 0 Å². The number of halogens is 4. The highest BCUT2D eigenvalue weighted by atomic mass is 79.9. The maximum absolute atomic E-state index is 14.2. The SMILES string of the molecule is CCCNC(c1sccc1Br)c1c(F)cc(Br)cc1F. The molecule has 0 saturated heterocycles. The first-order chi connectivity index (χ1) is 9.54. The van der Waals surface area contributed by atoms with E-state index in [2.05, 4.69) is 37.2 Å². The van der Waals surface area contributed by atoms with E-state index in [1.807, 2.05) is 18.4 Å². The summed E-state index contributed by atoms with van der Waals surface area (Å²) < 4.78 is 29.6. The monoisotopic (exact) mass is 423 g/mol. The van der Waals surface area contributed by atoms with E-state index >= 15 is 0 Å². The Morgan fingerprint density at radius 3 is 2.40 bits per heavy atom. The lowest BCUT2D eigenvalue weighted by Gasteiger charge is -2.20. The van der Waals surface area contributed by atoms with Crippen LogP contribution in [0.1, 0.15) is 29.8 Å². The zero-order chi connectivity index (χ0) is 14.7. The lowest BCUT2D eigenvalue weighted by molar-refractivity contribution is 0.505. The molecule has 0 aliphatic heterocycles. The van der Waals surface area contributed by atoms with Crippen LogP contribution in [0.4, 0.5) is 8.78 Å². The van der Waals surface area contributed by atoms with Crippen molar-refractivity contribution >= 4 is 43.2 Å². The van der Waals surface area contributed by atoms with E-state index in [4.69, 9.17) is 0 Å². The fourth-order valence-electron chi connectivity index (χ4n) is 1.96. The van der Waals surface area contributed by atoms with Gasteiger partial charge in [0, 0.05) is 19.4 Å². The fraction of sp³-hybridized carbons (Fsp3) is 0.286. The van der Waals surface area contributed by atoms with E-state index < -0.39 is 17.7 Å². The first kappa shape index (κ1) is 16.1. The van der Waals surface area contributed by atoms with Gasteiger partial charge in [-0.25, -0.2) is 8.78 Å². The third-order valence-electron chi connectivity index (χ3n) is 2.84. The van der Waals surface area contributed by atoms with Gasteiger partial charge in [0.15, 0.2) is 0 Å². The first-order valence-electron chi connectivity index (χ1n) is 6.15. The minimum atomic E-state index is -0.550. The summed E-state index contributed by atoms with van der Waals surface area (Å²) in [7, 11) is 0. The highest BCUT2D eigenvalue weighted by Gasteiger charge is 2.24. The highest BCUT2D eigenvalue weighted by Crippen LogP contribution is 2.36. The predicted molar refractivity (Wildman–Crippen MR) is 86.2 cm³/mol. The zero-order valence-electron chi connectivity index (χ0n) is 10.7. The van der Waals surface area contributed by atoms with Gasteiger partial charge < -0.3 is 5.32 Å². The molecule has 0 saturated carbocycles. The molecule has 0 spiro atoms. The van der Waals surface area contributed by atoms with Crippen molar-refractivity contribution in [2.75, 3.05) is 6.54 Å². The number of benzene rings is 1. The summed E-state index contributed by atoms with van der Waals surface area (Å²) in [6, 6.07) is 3.98. The lowest BCUT2D eigenvalue weighted by Crippen LogP contribution is -2.24. The third-order valence-corrected chi connectivity index (χ3v) is 5.23. The van der Waals surface area contributed by atoms with Gasteiger partial charge in [-0.05, 0) is 52.5 Å². The van der Waals surface area contributed by atoms with E-state index in [0.717, 1.165) is 15.8 Å². The van der Waals surface area contributed by atoms with Crippen LogP contribution in [-0.4, -0.2) is 6.54 Å². The van der Waals surface area contributed by atoms with Crippen LogP contribution in [0.3, 0.4) is 0 Å². The number of thiophene rings is 1. The molecule has 1 aromatic heterocycles. The summed E-state index contributed by atoms with van der Waals surface area (Å²) >= 11 is 8.01. The van der Waals surface area contributed by atoms with Crippen molar-refractivity contribution in [1.29, 1.82) is 0 Å². The van der Waals surface area contributed by atoms with Crippen LogP contribution in [0.5, 0.6) is 0 Å². The van der Waals surface area contributed by atoms with Crippen molar-refractivity contribution in [3.8, 4) is 0 Å². The number of hydrogen-bond acceptors (Lipinski definition) is 2. The maximum Gasteiger partial charge on any atom is 0.132 e. The second-order valence-corrected chi connectivity index (χ2v) is 7.02. The van der Waals surface area contributed by atoms with E-state index in [1.54, 1.807) is 0 Å². The van der Waals surface area contributed by atoms with Crippen LogP contribution in [-0.2, 0) is 0 Å². The van der Waals surface area contributed by atoms with Crippen molar-refractivity contribution in [2.24, 2.45) is 0 Å². The van der Waals surface area contributed by atoms with Gasteiger partial charge >= 0.3 is 0 Å². The normalized spacial score (nSPS) is 12.7. The molecule has 20 heavy (non-hydrogen) atoms. The average Bonchev–Trinajstić information content (AvgIpc) is 2.78. The molecule has 1 N–H and O–H groups in total. The Morgan fingerprint density at radius 2 is 1.90 bits per heavy atom. The summed E-state index contributed by atoms with van der Waals surface area (Å²) in [6.45, 7) is 2.70. The molecule has 0 bridgehead atoms. The Hall–Kier alpha value is -0.300. The smallest absolute Gasteiger partial charge is 0.132 e. The number of hydrogen-bond donors (Lipinski definition) is 1. The predicted octanol–water partition coefficient (Wildman–Crippen LogP) is 5.64. The lowest BCUT2D eigenvalue weighted by atomic mass is 10.0. The molecule has 0 aliphatic rings. The molecule has 0 amide bonds. The highest BCUT2D eigenvalue weighted by molar-refractivity contribution is 9.10. The number of nitrogens with one attached hydrogen (secondary N) is 1. The molecule has 1 aromatic carbocycles. The number of rotatable bonds is 5. The molecule has 1 unspecified atom stereocenters. The van der Waals surface area contributed by atoms with Crippen molar-refractivity contribution < 1.29 is 8.78 Å². The quantitative estimate of drug-likeness (QED) is 0.654.